The molecule has 0 saturated carbocycles. The van der Waals surface area contributed by atoms with E-state index in [1.54, 1.807) is 12.1 Å². The second-order valence-corrected chi connectivity index (χ2v) is 7.23. The molecule has 24 heavy (non-hydrogen) atoms. The van der Waals surface area contributed by atoms with Gasteiger partial charge in [0.1, 0.15) is 0 Å². The van der Waals surface area contributed by atoms with Gasteiger partial charge in [0, 0.05) is 11.1 Å². The number of sulfonamides is 1. The summed E-state index contributed by atoms with van der Waals surface area (Å²) in [5, 5.41) is 0.629. The van der Waals surface area contributed by atoms with E-state index in [4.69, 9.17) is 32.7 Å². The number of halogens is 2. The summed E-state index contributed by atoms with van der Waals surface area (Å²) in [6, 6.07) is 8.94. The maximum Gasteiger partial charge on any atom is 0.262 e. The Kier molecular flexibility index (Phi) is 6.21. The summed E-state index contributed by atoms with van der Waals surface area (Å²) in [7, 11) is -3.83. The van der Waals surface area contributed by atoms with E-state index in [2.05, 4.69) is 4.72 Å². The van der Waals surface area contributed by atoms with E-state index in [-0.39, 0.29) is 15.6 Å². The van der Waals surface area contributed by atoms with Crippen molar-refractivity contribution in [2.24, 2.45) is 0 Å². The van der Waals surface area contributed by atoms with E-state index in [9.17, 15) is 8.42 Å². The first-order chi connectivity index (χ1) is 11.4. The lowest BCUT2D eigenvalue weighted by molar-refractivity contribution is 0.287. The molecule has 0 atom stereocenters. The predicted octanol–water partition coefficient (Wildman–Crippen LogP) is 4.59. The molecular formula is C16H17Cl2NO4S. The van der Waals surface area contributed by atoms with Crippen molar-refractivity contribution in [3.8, 4) is 11.5 Å². The van der Waals surface area contributed by atoms with Crippen LogP contribution in [0.15, 0.2) is 41.3 Å². The minimum atomic E-state index is -3.83. The number of benzene rings is 2. The van der Waals surface area contributed by atoms with Gasteiger partial charge in [-0.2, -0.15) is 0 Å². The van der Waals surface area contributed by atoms with Crippen LogP contribution in [-0.4, -0.2) is 21.6 Å². The van der Waals surface area contributed by atoms with Crippen LogP contribution in [-0.2, 0) is 10.0 Å². The molecule has 0 aliphatic carbocycles. The Morgan fingerprint density at radius 2 is 1.62 bits per heavy atom. The van der Waals surface area contributed by atoms with Crippen LogP contribution in [0.3, 0.4) is 0 Å². The van der Waals surface area contributed by atoms with E-state index >= 15 is 0 Å². The smallest absolute Gasteiger partial charge is 0.262 e. The van der Waals surface area contributed by atoms with Gasteiger partial charge >= 0.3 is 0 Å². The molecule has 5 nitrogen and oxygen atoms in total. The number of hydrogen-bond donors (Lipinski definition) is 1. The second kappa shape index (κ2) is 7.96. The van der Waals surface area contributed by atoms with Crippen molar-refractivity contribution >= 4 is 38.9 Å². The molecular weight excluding hydrogens is 373 g/mol. The van der Waals surface area contributed by atoms with E-state index in [0.717, 1.165) is 0 Å². The van der Waals surface area contributed by atoms with E-state index < -0.39 is 10.0 Å². The van der Waals surface area contributed by atoms with Crippen LogP contribution in [0.25, 0.3) is 0 Å². The fourth-order valence-corrected chi connectivity index (χ4v) is 3.58. The lowest BCUT2D eigenvalue weighted by Gasteiger charge is -2.14. The highest BCUT2D eigenvalue weighted by Gasteiger charge is 2.19. The molecule has 0 heterocycles. The molecule has 0 aromatic heterocycles. The van der Waals surface area contributed by atoms with Crippen molar-refractivity contribution < 1.29 is 17.9 Å². The van der Waals surface area contributed by atoms with Gasteiger partial charge in [-0.15, -0.1) is 0 Å². The zero-order chi connectivity index (χ0) is 17.7. The van der Waals surface area contributed by atoms with Crippen LogP contribution in [0, 0.1) is 0 Å². The van der Waals surface area contributed by atoms with Crippen LogP contribution in [0.1, 0.15) is 13.8 Å². The topological polar surface area (TPSA) is 64.6 Å². The fourth-order valence-electron chi connectivity index (χ4n) is 1.97. The molecule has 0 spiro atoms. The Hall–Kier alpha value is -1.63. The van der Waals surface area contributed by atoms with Crippen molar-refractivity contribution in [3.05, 3.63) is 46.4 Å². The highest BCUT2D eigenvalue weighted by atomic mass is 35.5. The number of anilines is 1. The minimum absolute atomic E-state index is 0.0421. The van der Waals surface area contributed by atoms with Gasteiger partial charge in [-0.05, 0) is 44.2 Å². The molecule has 2 rings (SSSR count). The number of ether oxygens (including phenoxy) is 2. The average molecular weight is 390 g/mol. The van der Waals surface area contributed by atoms with Crippen LogP contribution in [0.2, 0.25) is 10.0 Å². The van der Waals surface area contributed by atoms with Gasteiger partial charge in [0.15, 0.2) is 11.5 Å². The highest BCUT2D eigenvalue weighted by molar-refractivity contribution is 7.92. The molecule has 130 valence electrons. The van der Waals surface area contributed by atoms with Crippen molar-refractivity contribution in [1.29, 1.82) is 0 Å². The van der Waals surface area contributed by atoms with Gasteiger partial charge in [0.25, 0.3) is 10.0 Å². The Bertz CT molecular complexity index is 825. The van der Waals surface area contributed by atoms with Crippen LogP contribution in [0.4, 0.5) is 5.69 Å². The average Bonchev–Trinajstić information content (AvgIpc) is 2.52. The molecule has 0 saturated heterocycles. The minimum Gasteiger partial charge on any atom is -0.490 e. The molecule has 0 amide bonds. The largest absolute Gasteiger partial charge is 0.490 e. The first-order valence-corrected chi connectivity index (χ1v) is 9.48. The molecule has 2 aromatic carbocycles. The molecule has 0 aliphatic heterocycles. The van der Waals surface area contributed by atoms with Gasteiger partial charge < -0.3 is 9.47 Å². The van der Waals surface area contributed by atoms with Gasteiger partial charge in [0.05, 0.1) is 28.8 Å². The van der Waals surface area contributed by atoms with E-state index in [1.807, 2.05) is 13.8 Å². The molecule has 0 fully saturated rings. The fraction of sp³-hybridized carbons (Fsp3) is 0.250. The second-order valence-electron chi connectivity index (χ2n) is 4.70. The monoisotopic (exact) mass is 389 g/mol. The maximum atomic E-state index is 12.6. The molecule has 0 unspecified atom stereocenters. The molecule has 8 heteroatoms. The highest BCUT2D eigenvalue weighted by Crippen LogP contribution is 2.32. The van der Waals surface area contributed by atoms with Gasteiger partial charge in [-0.25, -0.2) is 8.42 Å². The Morgan fingerprint density at radius 3 is 2.25 bits per heavy atom. The van der Waals surface area contributed by atoms with Crippen molar-refractivity contribution in [1.82, 2.24) is 0 Å². The third-order valence-corrected chi connectivity index (χ3v) is 4.91. The molecule has 2 aromatic rings. The van der Waals surface area contributed by atoms with Gasteiger partial charge in [-0.3, -0.25) is 4.72 Å². The van der Waals surface area contributed by atoms with Gasteiger partial charge in [0.2, 0.25) is 0 Å². The standard InChI is InChI=1S/C16H17Cl2NO4S/c1-3-22-15-8-6-12(10-16(15)23-4-2)24(20,21)19-14-7-5-11(17)9-13(14)18/h5-10,19H,3-4H2,1-2H3. The first kappa shape index (κ1) is 18.7. The first-order valence-electron chi connectivity index (χ1n) is 7.25. The Balaban J connectivity index is 2.36. The summed E-state index contributed by atoms with van der Waals surface area (Å²) in [5.41, 5.74) is 0.243. The van der Waals surface area contributed by atoms with E-state index in [1.165, 1.54) is 24.3 Å². The van der Waals surface area contributed by atoms with E-state index in [0.29, 0.717) is 29.7 Å². The van der Waals surface area contributed by atoms with Crippen molar-refractivity contribution in [2.45, 2.75) is 18.7 Å². The summed E-state index contributed by atoms with van der Waals surface area (Å²) in [6.45, 7) is 4.48. The zero-order valence-electron chi connectivity index (χ0n) is 13.2. The lowest BCUT2D eigenvalue weighted by atomic mass is 10.3. The predicted molar refractivity (Wildman–Crippen MR) is 96.1 cm³/mol. The Morgan fingerprint density at radius 1 is 0.958 bits per heavy atom. The van der Waals surface area contributed by atoms with Crippen molar-refractivity contribution in [3.63, 3.8) is 0 Å². The molecule has 0 radical (unpaired) electrons. The third kappa shape index (κ3) is 4.47. The summed E-state index contributed by atoms with van der Waals surface area (Å²) in [6.07, 6.45) is 0. The molecule has 0 bridgehead atoms. The lowest BCUT2D eigenvalue weighted by Crippen LogP contribution is -2.13. The summed E-state index contributed by atoms with van der Waals surface area (Å²) in [4.78, 5) is 0.0421. The number of nitrogens with one attached hydrogen (secondary N) is 1. The summed E-state index contributed by atoms with van der Waals surface area (Å²) < 4.78 is 38.5. The number of hydrogen-bond acceptors (Lipinski definition) is 4. The third-order valence-electron chi connectivity index (χ3n) is 3.00. The quantitative estimate of drug-likeness (QED) is 0.751. The molecule has 1 N–H and O–H groups in total. The summed E-state index contributed by atoms with van der Waals surface area (Å²) >= 11 is 11.8. The molecule has 0 aliphatic rings. The van der Waals surface area contributed by atoms with Gasteiger partial charge in [-0.1, -0.05) is 23.2 Å². The van der Waals surface area contributed by atoms with Crippen LogP contribution >= 0.6 is 23.2 Å². The Labute approximate surface area is 151 Å². The zero-order valence-corrected chi connectivity index (χ0v) is 15.5. The maximum absolute atomic E-state index is 12.6. The SMILES string of the molecule is CCOc1ccc(S(=O)(=O)Nc2ccc(Cl)cc2Cl)cc1OCC. The van der Waals surface area contributed by atoms with Crippen molar-refractivity contribution in [2.75, 3.05) is 17.9 Å². The normalized spacial score (nSPS) is 11.2. The number of rotatable bonds is 7. The van der Waals surface area contributed by atoms with Crippen LogP contribution in [0.5, 0.6) is 11.5 Å². The summed E-state index contributed by atoms with van der Waals surface area (Å²) in [5.74, 6) is 0.854. The van der Waals surface area contributed by atoms with Crippen LogP contribution < -0.4 is 14.2 Å².